The summed E-state index contributed by atoms with van der Waals surface area (Å²) in [6.07, 6.45) is 7.69. The highest BCUT2D eigenvalue weighted by atomic mass is 16.1. The Morgan fingerprint density at radius 1 is 1.21 bits per heavy atom. The summed E-state index contributed by atoms with van der Waals surface area (Å²) >= 11 is 0. The van der Waals surface area contributed by atoms with Crippen LogP contribution in [0.5, 0.6) is 0 Å². The lowest BCUT2D eigenvalue weighted by Crippen LogP contribution is -2.48. The van der Waals surface area contributed by atoms with Crippen molar-refractivity contribution >= 4 is 22.8 Å². The SMILES string of the molecule is CCCCn1c2cc(-c3cnn(C4CN(c5nccc(C)n5)C4)c3)[nH]c2c(=O)n2c(C)nnc12. The number of nitrogens with zero attached hydrogens (tertiary/aromatic N) is 9. The molecule has 1 aliphatic heterocycles. The first-order valence-electron chi connectivity index (χ1n) is 11.6. The van der Waals surface area contributed by atoms with E-state index in [4.69, 9.17) is 0 Å². The molecule has 0 radical (unpaired) electrons. The minimum absolute atomic E-state index is 0.133. The summed E-state index contributed by atoms with van der Waals surface area (Å²) in [5.74, 6) is 1.93. The fourth-order valence-electron chi connectivity index (χ4n) is 4.55. The van der Waals surface area contributed by atoms with Crippen molar-refractivity contribution < 1.29 is 0 Å². The lowest BCUT2D eigenvalue weighted by molar-refractivity contribution is 0.363. The minimum Gasteiger partial charge on any atom is -0.349 e. The molecular formula is C23H26N10O. The van der Waals surface area contributed by atoms with E-state index >= 15 is 0 Å². The van der Waals surface area contributed by atoms with Crippen LogP contribution in [0.15, 0.2) is 35.5 Å². The number of hydrogen-bond donors (Lipinski definition) is 1. The third kappa shape index (κ3) is 3.18. The van der Waals surface area contributed by atoms with Crippen LogP contribution in [-0.2, 0) is 6.54 Å². The van der Waals surface area contributed by atoms with E-state index in [0.717, 1.165) is 60.9 Å². The highest BCUT2D eigenvalue weighted by molar-refractivity contribution is 5.83. The van der Waals surface area contributed by atoms with Gasteiger partial charge in [-0.25, -0.2) is 14.4 Å². The summed E-state index contributed by atoms with van der Waals surface area (Å²) in [7, 11) is 0. The Kier molecular flexibility index (Phi) is 4.71. The van der Waals surface area contributed by atoms with Crippen LogP contribution in [-0.4, -0.2) is 57.0 Å². The van der Waals surface area contributed by atoms with Gasteiger partial charge < -0.3 is 14.5 Å². The summed E-state index contributed by atoms with van der Waals surface area (Å²) < 4.78 is 5.64. The summed E-state index contributed by atoms with van der Waals surface area (Å²) in [5, 5.41) is 13.0. The predicted octanol–water partition coefficient (Wildman–Crippen LogP) is 2.50. The summed E-state index contributed by atoms with van der Waals surface area (Å²) in [5.41, 5.74) is 4.02. The number of hydrogen-bond acceptors (Lipinski definition) is 7. The van der Waals surface area contributed by atoms with Crippen molar-refractivity contribution in [2.75, 3.05) is 18.0 Å². The van der Waals surface area contributed by atoms with E-state index in [0.29, 0.717) is 17.1 Å². The first kappa shape index (κ1) is 20.6. The van der Waals surface area contributed by atoms with Crippen molar-refractivity contribution in [1.29, 1.82) is 0 Å². The predicted molar refractivity (Wildman–Crippen MR) is 128 cm³/mol. The van der Waals surface area contributed by atoms with Crippen LogP contribution >= 0.6 is 0 Å². The molecule has 1 saturated heterocycles. The van der Waals surface area contributed by atoms with Crippen molar-refractivity contribution in [3.8, 4) is 11.3 Å². The Morgan fingerprint density at radius 3 is 2.85 bits per heavy atom. The van der Waals surface area contributed by atoms with E-state index in [9.17, 15) is 4.79 Å². The number of nitrogens with one attached hydrogen (secondary N) is 1. The molecule has 0 spiro atoms. The van der Waals surface area contributed by atoms with Crippen LogP contribution in [0.3, 0.4) is 0 Å². The van der Waals surface area contributed by atoms with Gasteiger partial charge in [-0.15, -0.1) is 10.2 Å². The fourth-order valence-corrected chi connectivity index (χ4v) is 4.55. The molecule has 0 bridgehead atoms. The first-order chi connectivity index (χ1) is 16.5. The maximum atomic E-state index is 13.2. The molecule has 0 unspecified atom stereocenters. The topological polar surface area (TPSA) is 115 Å². The Hall–Kier alpha value is -4.02. The Labute approximate surface area is 195 Å². The summed E-state index contributed by atoms with van der Waals surface area (Å²) in [4.78, 5) is 27.6. The second-order valence-electron chi connectivity index (χ2n) is 8.90. The second-order valence-corrected chi connectivity index (χ2v) is 8.90. The molecule has 0 amide bonds. The summed E-state index contributed by atoms with van der Waals surface area (Å²) in [6, 6.07) is 4.17. The van der Waals surface area contributed by atoms with Crippen molar-refractivity contribution in [2.45, 2.75) is 46.2 Å². The molecule has 11 nitrogen and oxygen atoms in total. The van der Waals surface area contributed by atoms with E-state index < -0.39 is 0 Å². The molecule has 1 aliphatic rings. The van der Waals surface area contributed by atoms with Gasteiger partial charge in [0.1, 0.15) is 11.3 Å². The van der Waals surface area contributed by atoms with Gasteiger partial charge in [0.15, 0.2) is 0 Å². The van der Waals surface area contributed by atoms with E-state index in [1.807, 2.05) is 36.1 Å². The number of unbranched alkanes of at least 4 members (excludes halogenated alkanes) is 1. The van der Waals surface area contributed by atoms with Crippen molar-refractivity contribution in [1.82, 2.24) is 43.9 Å². The van der Waals surface area contributed by atoms with Crippen LogP contribution in [0, 0.1) is 13.8 Å². The smallest absolute Gasteiger partial charge is 0.284 e. The third-order valence-corrected chi connectivity index (χ3v) is 6.50. The summed E-state index contributed by atoms with van der Waals surface area (Å²) in [6.45, 7) is 8.30. The third-order valence-electron chi connectivity index (χ3n) is 6.50. The molecule has 11 heteroatoms. The number of anilines is 1. The van der Waals surface area contributed by atoms with E-state index in [2.05, 4.69) is 46.6 Å². The molecule has 34 heavy (non-hydrogen) atoms. The largest absolute Gasteiger partial charge is 0.349 e. The molecule has 0 saturated carbocycles. The Bertz CT molecular complexity index is 1570. The number of aromatic nitrogens is 9. The van der Waals surface area contributed by atoms with Crippen molar-refractivity contribution in [2.24, 2.45) is 0 Å². The average molecular weight is 459 g/mol. The maximum absolute atomic E-state index is 13.2. The van der Waals surface area contributed by atoms with Gasteiger partial charge >= 0.3 is 0 Å². The van der Waals surface area contributed by atoms with E-state index in [1.165, 1.54) is 0 Å². The minimum atomic E-state index is -0.133. The lowest BCUT2D eigenvalue weighted by atomic mass is 10.1. The Morgan fingerprint density at radius 2 is 2.06 bits per heavy atom. The highest BCUT2D eigenvalue weighted by Crippen LogP contribution is 2.28. The fraction of sp³-hybridized carbons (Fsp3) is 0.391. The van der Waals surface area contributed by atoms with Gasteiger partial charge in [0.05, 0.1) is 23.4 Å². The molecule has 0 aliphatic carbocycles. The van der Waals surface area contributed by atoms with E-state index in [-0.39, 0.29) is 11.6 Å². The average Bonchev–Trinajstić information content (AvgIpc) is 3.52. The van der Waals surface area contributed by atoms with Gasteiger partial charge in [0.2, 0.25) is 11.7 Å². The number of rotatable bonds is 6. The molecule has 1 fully saturated rings. The van der Waals surface area contributed by atoms with Gasteiger partial charge in [-0.2, -0.15) is 5.10 Å². The molecular weight excluding hydrogens is 432 g/mol. The quantitative estimate of drug-likeness (QED) is 0.416. The number of H-pyrrole nitrogens is 1. The Balaban J connectivity index is 1.32. The van der Waals surface area contributed by atoms with Gasteiger partial charge in [0.25, 0.3) is 5.56 Å². The lowest BCUT2D eigenvalue weighted by Gasteiger charge is -2.39. The van der Waals surface area contributed by atoms with Crippen LogP contribution in [0.2, 0.25) is 0 Å². The number of aromatic amines is 1. The molecule has 6 rings (SSSR count). The van der Waals surface area contributed by atoms with Crippen LogP contribution in [0.1, 0.15) is 37.3 Å². The zero-order valence-electron chi connectivity index (χ0n) is 19.4. The zero-order valence-corrected chi connectivity index (χ0v) is 19.4. The van der Waals surface area contributed by atoms with Crippen LogP contribution in [0.25, 0.3) is 28.1 Å². The molecule has 174 valence electrons. The van der Waals surface area contributed by atoms with Gasteiger partial charge in [-0.3, -0.25) is 9.48 Å². The molecule has 5 aromatic heterocycles. The molecule has 0 atom stereocenters. The number of fused-ring (bicyclic) bond motifs is 2. The molecule has 5 aromatic rings. The maximum Gasteiger partial charge on any atom is 0.284 e. The van der Waals surface area contributed by atoms with Crippen LogP contribution < -0.4 is 10.5 Å². The monoisotopic (exact) mass is 458 g/mol. The molecule has 6 heterocycles. The first-order valence-corrected chi connectivity index (χ1v) is 11.6. The second kappa shape index (κ2) is 7.79. The molecule has 1 N–H and O–H groups in total. The van der Waals surface area contributed by atoms with Crippen LogP contribution in [0.4, 0.5) is 5.95 Å². The highest BCUT2D eigenvalue weighted by Gasteiger charge is 2.31. The van der Waals surface area contributed by atoms with Gasteiger partial charge in [-0.1, -0.05) is 13.3 Å². The zero-order chi connectivity index (χ0) is 23.4. The normalized spacial score (nSPS) is 14.4. The van der Waals surface area contributed by atoms with E-state index in [1.54, 1.807) is 17.5 Å². The van der Waals surface area contributed by atoms with Gasteiger partial charge in [0, 0.05) is 43.3 Å². The van der Waals surface area contributed by atoms with Crippen molar-refractivity contribution in [3.63, 3.8) is 0 Å². The van der Waals surface area contributed by atoms with Gasteiger partial charge in [-0.05, 0) is 32.4 Å². The molecule has 0 aromatic carbocycles. The van der Waals surface area contributed by atoms with Crippen molar-refractivity contribution in [3.05, 3.63) is 52.6 Å². The standard InChI is InChI=1S/C23H26N10O/c1-4-5-8-31-19-9-18(27-20(19)21(34)33-15(3)28-29-23(31)33)16-10-25-32(11-16)17-12-30(13-17)22-24-7-6-14(2)26-22/h6-7,9-11,17,27H,4-5,8,12-13H2,1-3H3. The number of aryl methyl sites for hydroxylation is 3.